The zero-order valence-corrected chi connectivity index (χ0v) is 12.1. The third-order valence-electron chi connectivity index (χ3n) is 3.11. The molecule has 1 aromatic rings. The minimum absolute atomic E-state index is 0.300. The Morgan fingerprint density at radius 3 is 2.28 bits per heavy atom. The lowest BCUT2D eigenvalue weighted by Crippen LogP contribution is -2.53. The molecule has 6 heteroatoms. The highest BCUT2D eigenvalue weighted by molar-refractivity contribution is 6.60. The van der Waals surface area contributed by atoms with Gasteiger partial charge in [0.05, 0.1) is 11.2 Å². The summed E-state index contributed by atoms with van der Waals surface area (Å²) in [6, 6.07) is 3.23. The van der Waals surface area contributed by atoms with Gasteiger partial charge in [-0.3, -0.25) is 0 Å². The largest absolute Gasteiger partial charge is 0.491 e. The van der Waals surface area contributed by atoms with Gasteiger partial charge in [-0.25, -0.2) is 4.98 Å². The number of aryl methyl sites for hydroxylation is 1. The first-order valence-electron chi connectivity index (χ1n) is 5.75. The standard InChI is InChI=1S/C12H19BClNO3/c1-8-6-9(7-10(14)15-8)13(17)18-12(4,5)11(2,3)16/h6-7,16-17H,1-5H3. The zero-order chi connectivity index (χ0) is 14.1. The van der Waals surface area contributed by atoms with Crippen molar-refractivity contribution in [3.8, 4) is 0 Å². The maximum absolute atomic E-state index is 10.0. The lowest BCUT2D eigenvalue weighted by Gasteiger charge is -2.38. The van der Waals surface area contributed by atoms with E-state index in [2.05, 4.69) is 4.98 Å². The molecule has 1 heterocycles. The van der Waals surface area contributed by atoms with Crippen LogP contribution in [0.25, 0.3) is 0 Å². The number of pyridine rings is 1. The predicted molar refractivity (Wildman–Crippen MR) is 73.1 cm³/mol. The van der Waals surface area contributed by atoms with E-state index < -0.39 is 18.3 Å². The SMILES string of the molecule is Cc1cc(B(O)OC(C)(C)C(C)(C)O)cc(Cl)n1. The average molecular weight is 272 g/mol. The lowest BCUT2D eigenvalue weighted by atomic mass is 9.77. The zero-order valence-electron chi connectivity index (χ0n) is 11.4. The fourth-order valence-corrected chi connectivity index (χ4v) is 1.55. The molecule has 0 unspecified atom stereocenters. The minimum atomic E-state index is -1.16. The fraction of sp³-hybridized carbons (Fsp3) is 0.583. The Bertz CT molecular complexity index is 412. The van der Waals surface area contributed by atoms with Crippen LogP contribution in [0.15, 0.2) is 12.1 Å². The van der Waals surface area contributed by atoms with Crippen LogP contribution in [0.1, 0.15) is 33.4 Å². The van der Waals surface area contributed by atoms with Crippen molar-refractivity contribution in [1.82, 2.24) is 4.98 Å². The quantitative estimate of drug-likeness (QED) is 0.640. The molecule has 0 amide bonds. The van der Waals surface area contributed by atoms with E-state index in [4.69, 9.17) is 16.3 Å². The summed E-state index contributed by atoms with van der Waals surface area (Å²) in [5.41, 5.74) is -0.776. The number of aromatic nitrogens is 1. The second kappa shape index (κ2) is 5.17. The number of nitrogens with zero attached hydrogens (tertiary/aromatic N) is 1. The monoisotopic (exact) mass is 271 g/mol. The molecule has 1 rings (SSSR count). The van der Waals surface area contributed by atoms with Gasteiger partial charge in [0.15, 0.2) is 0 Å². The van der Waals surface area contributed by atoms with E-state index in [1.165, 1.54) is 0 Å². The van der Waals surface area contributed by atoms with Crippen molar-refractivity contribution in [3.05, 3.63) is 23.0 Å². The number of hydrogen-bond donors (Lipinski definition) is 2. The molecule has 0 spiro atoms. The second-order valence-corrected chi connectivity index (χ2v) is 5.79. The van der Waals surface area contributed by atoms with Gasteiger partial charge in [0.2, 0.25) is 0 Å². The van der Waals surface area contributed by atoms with E-state index in [9.17, 15) is 10.1 Å². The van der Waals surface area contributed by atoms with Gasteiger partial charge in [-0.1, -0.05) is 11.6 Å². The van der Waals surface area contributed by atoms with Crippen LogP contribution in [0.3, 0.4) is 0 Å². The van der Waals surface area contributed by atoms with Crippen LogP contribution in [0.4, 0.5) is 0 Å². The van der Waals surface area contributed by atoms with Crippen LogP contribution >= 0.6 is 11.6 Å². The molecule has 0 aliphatic heterocycles. The first-order valence-corrected chi connectivity index (χ1v) is 6.13. The third kappa shape index (κ3) is 3.69. The van der Waals surface area contributed by atoms with Crippen LogP contribution < -0.4 is 5.46 Å². The molecule has 2 N–H and O–H groups in total. The van der Waals surface area contributed by atoms with Gasteiger partial charge in [0.25, 0.3) is 0 Å². The molecular weight excluding hydrogens is 252 g/mol. The topological polar surface area (TPSA) is 62.6 Å². The predicted octanol–water partition coefficient (Wildman–Crippen LogP) is 1.30. The van der Waals surface area contributed by atoms with Crippen molar-refractivity contribution in [3.63, 3.8) is 0 Å². The number of aliphatic hydroxyl groups is 1. The minimum Gasteiger partial charge on any atom is -0.423 e. The first kappa shape index (κ1) is 15.4. The highest BCUT2D eigenvalue weighted by atomic mass is 35.5. The molecule has 0 saturated heterocycles. The molecule has 18 heavy (non-hydrogen) atoms. The molecule has 0 aromatic carbocycles. The Morgan fingerprint density at radius 1 is 1.28 bits per heavy atom. The third-order valence-corrected chi connectivity index (χ3v) is 3.30. The van der Waals surface area contributed by atoms with E-state index in [0.29, 0.717) is 16.3 Å². The summed E-state index contributed by atoms with van der Waals surface area (Å²) in [6.07, 6.45) is 0. The van der Waals surface area contributed by atoms with Gasteiger partial charge >= 0.3 is 7.12 Å². The summed E-state index contributed by atoms with van der Waals surface area (Å²) >= 11 is 5.83. The molecule has 0 atom stereocenters. The first-order chi connectivity index (χ1) is 8.03. The summed E-state index contributed by atoms with van der Waals surface area (Å²) in [7, 11) is -1.16. The van der Waals surface area contributed by atoms with Gasteiger partial charge in [0.1, 0.15) is 5.15 Å². The molecule has 0 radical (unpaired) electrons. The van der Waals surface area contributed by atoms with Crippen molar-refractivity contribution in [1.29, 1.82) is 0 Å². The summed E-state index contributed by atoms with van der Waals surface area (Å²) < 4.78 is 5.52. The number of hydrogen-bond acceptors (Lipinski definition) is 4. The molecule has 0 fully saturated rings. The molecule has 0 aliphatic rings. The lowest BCUT2D eigenvalue weighted by molar-refractivity contribution is -0.0982. The summed E-state index contributed by atoms with van der Waals surface area (Å²) in [5.74, 6) is 0. The normalized spacial score (nSPS) is 12.7. The maximum Gasteiger partial charge on any atom is 0.491 e. The van der Waals surface area contributed by atoms with Crippen molar-refractivity contribution >= 4 is 24.2 Å². The smallest absolute Gasteiger partial charge is 0.423 e. The van der Waals surface area contributed by atoms with Crippen molar-refractivity contribution in [2.45, 2.75) is 45.8 Å². The molecule has 0 saturated carbocycles. The Morgan fingerprint density at radius 2 is 1.83 bits per heavy atom. The van der Waals surface area contributed by atoms with Crippen LogP contribution in [0.5, 0.6) is 0 Å². The van der Waals surface area contributed by atoms with E-state index in [1.54, 1.807) is 46.8 Å². The molecule has 0 aliphatic carbocycles. The Hall–Kier alpha value is -0.615. The molecular formula is C12H19BClNO3. The van der Waals surface area contributed by atoms with Crippen LogP contribution in [0, 0.1) is 6.92 Å². The molecule has 100 valence electrons. The molecule has 0 bridgehead atoms. The van der Waals surface area contributed by atoms with Crippen LogP contribution in [0.2, 0.25) is 5.15 Å². The van der Waals surface area contributed by atoms with Gasteiger partial charge in [-0.15, -0.1) is 0 Å². The number of rotatable bonds is 4. The van der Waals surface area contributed by atoms with E-state index in [0.717, 1.165) is 0 Å². The Kier molecular flexibility index (Phi) is 4.44. The maximum atomic E-state index is 10.0. The highest BCUT2D eigenvalue weighted by Crippen LogP contribution is 2.25. The van der Waals surface area contributed by atoms with Crippen LogP contribution in [-0.2, 0) is 4.65 Å². The number of halogens is 1. The second-order valence-electron chi connectivity index (χ2n) is 5.40. The van der Waals surface area contributed by atoms with Crippen molar-refractivity contribution < 1.29 is 14.8 Å². The van der Waals surface area contributed by atoms with E-state index in [1.807, 2.05) is 0 Å². The van der Waals surface area contributed by atoms with Gasteiger partial charge < -0.3 is 14.8 Å². The van der Waals surface area contributed by atoms with Gasteiger partial charge in [0, 0.05) is 5.69 Å². The molecule has 1 aromatic heterocycles. The van der Waals surface area contributed by atoms with Crippen molar-refractivity contribution in [2.75, 3.05) is 0 Å². The van der Waals surface area contributed by atoms with Crippen molar-refractivity contribution in [2.24, 2.45) is 0 Å². The van der Waals surface area contributed by atoms with E-state index >= 15 is 0 Å². The fourth-order valence-electron chi connectivity index (χ4n) is 1.29. The average Bonchev–Trinajstić information content (AvgIpc) is 2.13. The van der Waals surface area contributed by atoms with Crippen LogP contribution in [-0.4, -0.2) is 33.4 Å². The van der Waals surface area contributed by atoms with E-state index in [-0.39, 0.29) is 0 Å². The Labute approximate surface area is 113 Å². The summed E-state index contributed by atoms with van der Waals surface area (Å²) in [6.45, 7) is 8.47. The summed E-state index contributed by atoms with van der Waals surface area (Å²) in [4.78, 5) is 4.01. The Balaban J connectivity index is 2.92. The molecule has 4 nitrogen and oxygen atoms in total. The van der Waals surface area contributed by atoms with Gasteiger partial charge in [-0.2, -0.15) is 0 Å². The highest BCUT2D eigenvalue weighted by Gasteiger charge is 2.39. The summed E-state index contributed by atoms with van der Waals surface area (Å²) in [5, 5.41) is 20.3. The van der Waals surface area contributed by atoms with Gasteiger partial charge in [-0.05, 0) is 52.2 Å².